The predicted molar refractivity (Wildman–Crippen MR) is 87.5 cm³/mol. The summed E-state index contributed by atoms with van der Waals surface area (Å²) < 4.78 is 6.01. The van der Waals surface area contributed by atoms with Crippen LogP contribution in [-0.4, -0.2) is 44.1 Å². The van der Waals surface area contributed by atoms with Gasteiger partial charge in [0.2, 0.25) is 5.82 Å². The lowest BCUT2D eigenvalue weighted by atomic mass is 10.3. The first-order valence-electron chi connectivity index (χ1n) is 7.13. The van der Waals surface area contributed by atoms with Crippen molar-refractivity contribution >= 4 is 40.0 Å². The number of nitrogens with one attached hydrogen (secondary N) is 2. The largest absolute Gasteiger partial charge is 0.450 e. The molecular weight excluding hydrogens is 348 g/mol. The Kier molecular flexibility index (Phi) is 4.66. The molecule has 0 bridgehead atoms. The number of ether oxygens (including phenoxy) is 1. The molecule has 3 aromatic rings. The third kappa shape index (κ3) is 3.61. The minimum atomic E-state index is -0.857. The molecule has 128 valence electrons. The molecule has 2 N–H and O–H groups in total. The minimum Gasteiger partial charge on any atom is -0.450 e. The lowest BCUT2D eigenvalue weighted by molar-refractivity contribution is 0.0926. The van der Waals surface area contributed by atoms with Gasteiger partial charge in [0, 0.05) is 12.4 Å². The smallest absolute Gasteiger partial charge is 0.414 e. The molecule has 0 atom stereocenters. The van der Waals surface area contributed by atoms with Gasteiger partial charge in [-0.2, -0.15) is 4.98 Å². The minimum absolute atomic E-state index is 0.0937. The molecule has 0 unspecified atom stereocenters. The third-order valence-electron chi connectivity index (χ3n) is 2.95. The van der Waals surface area contributed by atoms with Crippen LogP contribution >= 0.6 is 11.3 Å². The molecular formula is C14H12N6O4S. The highest BCUT2D eigenvalue weighted by molar-refractivity contribution is 7.14. The van der Waals surface area contributed by atoms with Gasteiger partial charge in [-0.05, 0) is 24.4 Å². The SMILES string of the molecule is CCOC(=O)NC(=O)c1ccsc1NC(=O)c1nc2ncccn2n1. The standard InChI is InChI=1S/C14H12N6O4S/c1-2-24-14(23)18-10(21)8-4-7-25-12(8)17-11(22)9-16-13-15-5-3-6-20(13)19-9/h3-7H,2H2,1H3,(H,17,22)(H,18,21,23). The average Bonchev–Trinajstić information content (AvgIpc) is 3.21. The van der Waals surface area contributed by atoms with Crippen LogP contribution in [0.25, 0.3) is 5.78 Å². The van der Waals surface area contributed by atoms with E-state index in [-0.39, 0.29) is 28.8 Å². The van der Waals surface area contributed by atoms with Crippen LogP contribution in [0.1, 0.15) is 27.9 Å². The van der Waals surface area contributed by atoms with Gasteiger partial charge in [-0.1, -0.05) is 0 Å². The fourth-order valence-electron chi connectivity index (χ4n) is 1.90. The van der Waals surface area contributed by atoms with E-state index in [2.05, 4.69) is 30.4 Å². The summed E-state index contributed by atoms with van der Waals surface area (Å²) in [5, 5.41) is 10.5. The molecule has 3 heterocycles. The summed E-state index contributed by atoms with van der Waals surface area (Å²) in [5.41, 5.74) is 0.133. The molecule has 3 aromatic heterocycles. The first-order valence-corrected chi connectivity index (χ1v) is 8.00. The van der Waals surface area contributed by atoms with Gasteiger partial charge < -0.3 is 10.1 Å². The van der Waals surface area contributed by atoms with Crippen LogP contribution in [0.15, 0.2) is 29.9 Å². The topological polar surface area (TPSA) is 128 Å². The molecule has 3 rings (SSSR count). The summed E-state index contributed by atoms with van der Waals surface area (Å²) >= 11 is 1.13. The van der Waals surface area contributed by atoms with Crippen LogP contribution in [0.2, 0.25) is 0 Å². The van der Waals surface area contributed by atoms with Gasteiger partial charge in [-0.3, -0.25) is 14.9 Å². The van der Waals surface area contributed by atoms with Gasteiger partial charge in [0.15, 0.2) is 0 Å². The number of rotatable bonds is 4. The highest BCUT2D eigenvalue weighted by Crippen LogP contribution is 2.23. The molecule has 0 saturated heterocycles. The van der Waals surface area contributed by atoms with Crippen molar-refractivity contribution in [3.8, 4) is 0 Å². The monoisotopic (exact) mass is 360 g/mol. The number of amides is 3. The van der Waals surface area contributed by atoms with Crippen LogP contribution in [0, 0.1) is 0 Å². The Bertz CT molecular complexity index is 917. The molecule has 11 heteroatoms. The van der Waals surface area contributed by atoms with Crippen LogP contribution in [-0.2, 0) is 4.74 Å². The van der Waals surface area contributed by atoms with E-state index in [4.69, 9.17) is 0 Å². The lowest BCUT2D eigenvalue weighted by Crippen LogP contribution is -2.31. The number of hydrogen-bond donors (Lipinski definition) is 2. The maximum atomic E-state index is 12.3. The van der Waals surface area contributed by atoms with Crippen molar-refractivity contribution in [1.82, 2.24) is 24.9 Å². The van der Waals surface area contributed by atoms with E-state index in [0.717, 1.165) is 11.3 Å². The molecule has 0 fully saturated rings. The quantitative estimate of drug-likeness (QED) is 0.718. The number of nitrogens with zero attached hydrogens (tertiary/aromatic N) is 4. The van der Waals surface area contributed by atoms with E-state index in [0.29, 0.717) is 0 Å². The number of carbonyl (C=O) groups is 3. The van der Waals surface area contributed by atoms with Gasteiger partial charge in [-0.25, -0.2) is 14.3 Å². The number of aromatic nitrogens is 4. The molecule has 25 heavy (non-hydrogen) atoms. The Morgan fingerprint density at radius 3 is 2.92 bits per heavy atom. The zero-order valence-electron chi connectivity index (χ0n) is 12.9. The normalized spacial score (nSPS) is 10.4. The fourth-order valence-corrected chi connectivity index (χ4v) is 2.68. The number of imide groups is 1. The second-order valence-electron chi connectivity index (χ2n) is 4.59. The number of carbonyl (C=O) groups excluding carboxylic acids is 3. The summed E-state index contributed by atoms with van der Waals surface area (Å²) in [6.07, 6.45) is 2.28. The van der Waals surface area contributed by atoms with Crippen LogP contribution in [0.3, 0.4) is 0 Å². The number of alkyl carbamates (subject to hydrolysis) is 1. The predicted octanol–water partition coefficient (Wildman–Crippen LogP) is 1.32. The Labute approximate surface area is 144 Å². The first kappa shape index (κ1) is 16.5. The van der Waals surface area contributed by atoms with Crippen molar-refractivity contribution in [1.29, 1.82) is 0 Å². The Balaban J connectivity index is 1.75. The summed E-state index contributed by atoms with van der Waals surface area (Å²) in [6, 6.07) is 3.13. The fraction of sp³-hybridized carbons (Fsp3) is 0.143. The lowest BCUT2D eigenvalue weighted by Gasteiger charge is -2.05. The molecule has 3 amide bonds. The summed E-state index contributed by atoms with van der Waals surface area (Å²) in [7, 11) is 0. The van der Waals surface area contributed by atoms with Crippen molar-refractivity contribution in [2.75, 3.05) is 11.9 Å². The van der Waals surface area contributed by atoms with E-state index in [1.165, 1.54) is 16.8 Å². The number of anilines is 1. The van der Waals surface area contributed by atoms with Crippen molar-refractivity contribution in [3.05, 3.63) is 41.3 Å². The maximum Gasteiger partial charge on any atom is 0.414 e. The maximum absolute atomic E-state index is 12.3. The number of fused-ring (bicyclic) bond motifs is 1. The van der Waals surface area contributed by atoms with E-state index in [1.54, 1.807) is 24.6 Å². The second kappa shape index (κ2) is 7.05. The van der Waals surface area contributed by atoms with Crippen LogP contribution in [0.5, 0.6) is 0 Å². The highest BCUT2D eigenvalue weighted by atomic mass is 32.1. The Morgan fingerprint density at radius 1 is 1.32 bits per heavy atom. The van der Waals surface area contributed by atoms with Gasteiger partial charge >= 0.3 is 6.09 Å². The molecule has 0 aliphatic heterocycles. The van der Waals surface area contributed by atoms with Crippen molar-refractivity contribution < 1.29 is 19.1 Å². The molecule has 0 radical (unpaired) electrons. The zero-order valence-corrected chi connectivity index (χ0v) is 13.7. The van der Waals surface area contributed by atoms with E-state index in [9.17, 15) is 14.4 Å². The summed E-state index contributed by atoms with van der Waals surface area (Å²) in [6.45, 7) is 1.76. The molecule has 0 spiro atoms. The van der Waals surface area contributed by atoms with Crippen LogP contribution in [0.4, 0.5) is 9.80 Å². The highest BCUT2D eigenvalue weighted by Gasteiger charge is 2.20. The van der Waals surface area contributed by atoms with E-state index < -0.39 is 17.9 Å². The molecule has 0 saturated carbocycles. The average molecular weight is 360 g/mol. The van der Waals surface area contributed by atoms with Crippen molar-refractivity contribution in [2.45, 2.75) is 6.92 Å². The van der Waals surface area contributed by atoms with E-state index in [1.807, 2.05) is 0 Å². The van der Waals surface area contributed by atoms with Crippen molar-refractivity contribution in [2.24, 2.45) is 0 Å². The molecule has 10 nitrogen and oxygen atoms in total. The Hall–Kier alpha value is -3.34. The van der Waals surface area contributed by atoms with Crippen LogP contribution < -0.4 is 10.6 Å². The summed E-state index contributed by atoms with van der Waals surface area (Å²) in [5.74, 6) is -1.10. The molecule has 0 aromatic carbocycles. The zero-order chi connectivity index (χ0) is 17.8. The van der Waals surface area contributed by atoms with E-state index >= 15 is 0 Å². The molecule has 0 aliphatic rings. The third-order valence-corrected chi connectivity index (χ3v) is 3.78. The van der Waals surface area contributed by atoms with Gasteiger partial charge in [-0.15, -0.1) is 16.4 Å². The number of thiophene rings is 1. The Morgan fingerprint density at radius 2 is 2.16 bits per heavy atom. The van der Waals surface area contributed by atoms with Gasteiger partial charge in [0.05, 0.1) is 12.2 Å². The van der Waals surface area contributed by atoms with Crippen molar-refractivity contribution in [3.63, 3.8) is 0 Å². The number of hydrogen-bond acceptors (Lipinski definition) is 8. The summed E-state index contributed by atoms with van der Waals surface area (Å²) in [4.78, 5) is 43.7. The van der Waals surface area contributed by atoms with Gasteiger partial charge in [0.1, 0.15) is 5.00 Å². The first-order chi connectivity index (χ1) is 12.1. The second-order valence-corrected chi connectivity index (χ2v) is 5.51. The van der Waals surface area contributed by atoms with Gasteiger partial charge in [0.25, 0.3) is 17.6 Å². The molecule has 0 aliphatic carbocycles.